The summed E-state index contributed by atoms with van der Waals surface area (Å²) in [5, 5.41) is 13.1. The lowest BCUT2D eigenvalue weighted by molar-refractivity contribution is -0.141. The zero-order valence-corrected chi connectivity index (χ0v) is 8.82. The van der Waals surface area contributed by atoms with Crippen LogP contribution in [-0.2, 0) is 18.3 Å². The Kier molecular flexibility index (Phi) is 3.28. The molecule has 1 aromatic rings. The SMILES string of the molecule is CCC(Cc1cc(C)nn1C)C(=O)O. The van der Waals surface area contributed by atoms with E-state index in [1.54, 1.807) is 4.68 Å². The molecule has 0 aromatic carbocycles. The molecule has 0 spiro atoms. The number of nitrogens with zero attached hydrogens (tertiary/aromatic N) is 2. The maximum atomic E-state index is 10.8. The summed E-state index contributed by atoms with van der Waals surface area (Å²) in [6.07, 6.45) is 1.21. The summed E-state index contributed by atoms with van der Waals surface area (Å²) < 4.78 is 1.75. The number of aliphatic carboxylic acids is 1. The average Bonchev–Trinajstić information content (AvgIpc) is 2.40. The van der Waals surface area contributed by atoms with Crippen LogP contribution in [0.5, 0.6) is 0 Å². The first-order chi connectivity index (χ1) is 6.54. The van der Waals surface area contributed by atoms with Crippen LogP contribution in [0.1, 0.15) is 24.7 Å². The van der Waals surface area contributed by atoms with Crippen molar-refractivity contribution in [1.29, 1.82) is 0 Å². The molecule has 0 aliphatic rings. The molecule has 1 unspecified atom stereocenters. The summed E-state index contributed by atoms with van der Waals surface area (Å²) in [7, 11) is 1.84. The van der Waals surface area contributed by atoms with Crippen LogP contribution < -0.4 is 0 Å². The van der Waals surface area contributed by atoms with E-state index >= 15 is 0 Å². The molecule has 1 rings (SSSR count). The molecule has 1 aromatic heterocycles. The van der Waals surface area contributed by atoms with Crippen molar-refractivity contribution >= 4 is 5.97 Å². The Morgan fingerprint density at radius 1 is 1.71 bits per heavy atom. The maximum Gasteiger partial charge on any atom is 0.306 e. The molecule has 0 aliphatic heterocycles. The lowest BCUT2D eigenvalue weighted by atomic mass is 10.0. The molecule has 4 heteroatoms. The van der Waals surface area contributed by atoms with Gasteiger partial charge in [-0.2, -0.15) is 5.10 Å². The van der Waals surface area contributed by atoms with E-state index < -0.39 is 5.97 Å². The predicted molar refractivity (Wildman–Crippen MR) is 53.1 cm³/mol. The fourth-order valence-corrected chi connectivity index (χ4v) is 1.51. The first kappa shape index (κ1) is 10.8. The van der Waals surface area contributed by atoms with Gasteiger partial charge in [-0.25, -0.2) is 0 Å². The van der Waals surface area contributed by atoms with Crippen molar-refractivity contribution in [3.05, 3.63) is 17.5 Å². The molecule has 0 amide bonds. The van der Waals surface area contributed by atoms with Crippen molar-refractivity contribution in [2.45, 2.75) is 26.7 Å². The second kappa shape index (κ2) is 4.26. The molecular formula is C10H16N2O2. The molecule has 78 valence electrons. The Bertz CT molecular complexity index is 331. The van der Waals surface area contributed by atoms with Gasteiger partial charge in [-0.3, -0.25) is 9.48 Å². The fourth-order valence-electron chi connectivity index (χ4n) is 1.51. The molecule has 1 N–H and O–H groups in total. The van der Waals surface area contributed by atoms with Crippen molar-refractivity contribution in [2.24, 2.45) is 13.0 Å². The van der Waals surface area contributed by atoms with Crippen LogP contribution in [0.15, 0.2) is 6.07 Å². The third kappa shape index (κ3) is 2.34. The molecular weight excluding hydrogens is 180 g/mol. The van der Waals surface area contributed by atoms with Crippen LogP contribution in [0, 0.1) is 12.8 Å². The number of hydrogen-bond acceptors (Lipinski definition) is 2. The van der Waals surface area contributed by atoms with Gasteiger partial charge in [-0.05, 0) is 19.4 Å². The van der Waals surface area contributed by atoms with E-state index in [9.17, 15) is 4.79 Å². The van der Waals surface area contributed by atoms with Crippen LogP contribution in [0.3, 0.4) is 0 Å². The summed E-state index contributed by atoms with van der Waals surface area (Å²) in [4.78, 5) is 10.8. The lowest BCUT2D eigenvalue weighted by Gasteiger charge is -2.08. The Labute approximate surface area is 83.5 Å². The van der Waals surface area contributed by atoms with E-state index in [1.165, 1.54) is 0 Å². The van der Waals surface area contributed by atoms with Crippen molar-refractivity contribution in [3.8, 4) is 0 Å². The van der Waals surface area contributed by atoms with Crippen molar-refractivity contribution in [2.75, 3.05) is 0 Å². The molecule has 0 saturated carbocycles. The van der Waals surface area contributed by atoms with Crippen LogP contribution in [-0.4, -0.2) is 20.9 Å². The number of carboxylic acid groups (broad SMARTS) is 1. The normalized spacial score (nSPS) is 12.8. The highest BCUT2D eigenvalue weighted by atomic mass is 16.4. The second-order valence-electron chi connectivity index (χ2n) is 3.55. The van der Waals surface area contributed by atoms with E-state index in [1.807, 2.05) is 27.0 Å². The summed E-state index contributed by atoms with van der Waals surface area (Å²) in [5.74, 6) is -1.03. The molecule has 1 heterocycles. The Morgan fingerprint density at radius 2 is 2.36 bits per heavy atom. The monoisotopic (exact) mass is 196 g/mol. The van der Waals surface area contributed by atoms with Gasteiger partial charge in [0.2, 0.25) is 0 Å². The summed E-state index contributed by atoms with van der Waals surface area (Å²) in [5.41, 5.74) is 1.92. The second-order valence-corrected chi connectivity index (χ2v) is 3.55. The minimum Gasteiger partial charge on any atom is -0.481 e. The summed E-state index contributed by atoms with van der Waals surface area (Å²) in [6.45, 7) is 3.80. The molecule has 0 aliphatic carbocycles. The van der Waals surface area contributed by atoms with Crippen molar-refractivity contribution in [3.63, 3.8) is 0 Å². The van der Waals surface area contributed by atoms with E-state index in [0.717, 1.165) is 11.4 Å². The molecule has 1 atom stereocenters. The van der Waals surface area contributed by atoms with E-state index in [4.69, 9.17) is 5.11 Å². The number of aromatic nitrogens is 2. The molecule has 14 heavy (non-hydrogen) atoms. The molecule has 0 bridgehead atoms. The third-order valence-corrected chi connectivity index (χ3v) is 2.40. The largest absolute Gasteiger partial charge is 0.481 e. The van der Waals surface area contributed by atoms with Gasteiger partial charge in [0.15, 0.2) is 0 Å². The van der Waals surface area contributed by atoms with Gasteiger partial charge in [0.25, 0.3) is 0 Å². The Morgan fingerprint density at radius 3 is 2.71 bits per heavy atom. The van der Waals surface area contributed by atoms with E-state index in [2.05, 4.69) is 5.10 Å². The van der Waals surface area contributed by atoms with E-state index in [-0.39, 0.29) is 5.92 Å². The fraction of sp³-hybridized carbons (Fsp3) is 0.600. The standard InChI is InChI=1S/C10H16N2O2/c1-4-8(10(13)14)6-9-5-7(2)11-12(9)3/h5,8H,4,6H2,1-3H3,(H,13,14). The van der Waals surface area contributed by atoms with Crippen LogP contribution in [0.25, 0.3) is 0 Å². The smallest absolute Gasteiger partial charge is 0.306 e. The minimum absolute atomic E-state index is 0.301. The van der Waals surface area contributed by atoms with Gasteiger partial charge in [0.05, 0.1) is 11.6 Å². The summed E-state index contributed by atoms with van der Waals surface area (Å²) in [6, 6.07) is 1.94. The number of carboxylic acids is 1. The number of carbonyl (C=O) groups is 1. The van der Waals surface area contributed by atoms with Crippen LogP contribution >= 0.6 is 0 Å². The molecule has 0 saturated heterocycles. The van der Waals surface area contributed by atoms with Gasteiger partial charge in [0.1, 0.15) is 0 Å². The van der Waals surface area contributed by atoms with Gasteiger partial charge >= 0.3 is 5.97 Å². The average molecular weight is 196 g/mol. The third-order valence-electron chi connectivity index (χ3n) is 2.40. The van der Waals surface area contributed by atoms with Crippen LogP contribution in [0.2, 0.25) is 0 Å². The maximum absolute atomic E-state index is 10.8. The molecule has 4 nitrogen and oxygen atoms in total. The number of aryl methyl sites for hydroxylation is 2. The first-order valence-electron chi connectivity index (χ1n) is 4.77. The lowest BCUT2D eigenvalue weighted by Crippen LogP contribution is -2.17. The predicted octanol–water partition coefficient (Wildman–Crippen LogP) is 1.38. The highest BCUT2D eigenvalue weighted by molar-refractivity contribution is 5.70. The number of rotatable bonds is 4. The first-order valence-corrected chi connectivity index (χ1v) is 4.77. The van der Waals surface area contributed by atoms with Gasteiger partial charge < -0.3 is 5.11 Å². The molecule has 0 radical (unpaired) electrons. The Hall–Kier alpha value is -1.32. The zero-order valence-electron chi connectivity index (χ0n) is 8.82. The minimum atomic E-state index is -0.730. The van der Waals surface area contributed by atoms with Crippen molar-refractivity contribution < 1.29 is 9.90 Å². The highest BCUT2D eigenvalue weighted by Crippen LogP contribution is 2.12. The zero-order chi connectivity index (χ0) is 10.7. The van der Waals surface area contributed by atoms with Gasteiger partial charge in [-0.1, -0.05) is 6.92 Å². The molecule has 0 fully saturated rings. The van der Waals surface area contributed by atoms with Crippen molar-refractivity contribution in [1.82, 2.24) is 9.78 Å². The Balaban J connectivity index is 2.76. The van der Waals surface area contributed by atoms with Gasteiger partial charge in [-0.15, -0.1) is 0 Å². The van der Waals surface area contributed by atoms with Crippen LogP contribution in [0.4, 0.5) is 0 Å². The quantitative estimate of drug-likeness (QED) is 0.791. The topological polar surface area (TPSA) is 55.1 Å². The van der Waals surface area contributed by atoms with Gasteiger partial charge in [0, 0.05) is 19.2 Å². The summed E-state index contributed by atoms with van der Waals surface area (Å²) >= 11 is 0. The highest BCUT2D eigenvalue weighted by Gasteiger charge is 2.17. The van der Waals surface area contributed by atoms with E-state index in [0.29, 0.717) is 12.8 Å². The number of hydrogen-bond donors (Lipinski definition) is 1.